The number of thioether (sulfide) groups is 2. The normalized spacial score (nSPS) is 39.9. The smallest absolute Gasteiger partial charge is 0.0263 e. The Kier molecular flexibility index (Phi) is 3.87. The molecule has 0 aromatic rings. The van der Waals surface area contributed by atoms with Crippen molar-refractivity contribution >= 4 is 23.5 Å². The minimum Gasteiger partial charge on any atom is -0.313 e. The molecule has 2 fully saturated rings. The Morgan fingerprint density at radius 2 is 2.23 bits per heavy atom. The van der Waals surface area contributed by atoms with E-state index in [-0.39, 0.29) is 0 Å². The van der Waals surface area contributed by atoms with Gasteiger partial charge in [-0.25, -0.2) is 0 Å². The van der Waals surface area contributed by atoms with Gasteiger partial charge in [0, 0.05) is 35.1 Å². The van der Waals surface area contributed by atoms with Crippen molar-refractivity contribution in [2.45, 2.75) is 31.1 Å². The van der Waals surface area contributed by atoms with Gasteiger partial charge in [-0.05, 0) is 18.8 Å². The maximum absolute atomic E-state index is 3.70. The third-order valence-corrected chi connectivity index (χ3v) is 5.96. The summed E-state index contributed by atoms with van der Waals surface area (Å²) in [6.45, 7) is 3.61. The molecule has 0 aromatic carbocycles. The minimum absolute atomic E-state index is 0.840. The van der Waals surface area contributed by atoms with Crippen LogP contribution in [0.1, 0.15) is 19.8 Å². The molecule has 1 aliphatic carbocycles. The lowest BCUT2D eigenvalue weighted by atomic mass is 9.81. The summed E-state index contributed by atoms with van der Waals surface area (Å²) >= 11 is 4.28. The van der Waals surface area contributed by atoms with E-state index in [4.69, 9.17) is 0 Å². The Morgan fingerprint density at radius 3 is 2.77 bits per heavy atom. The highest BCUT2D eigenvalue weighted by molar-refractivity contribution is 8.06. The molecule has 3 atom stereocenters. The summed E-state index contributed by atoms with van der Waals surface area (Å²) in [5.74, 6) is 5.01. The molecule has 2 aliphatic rings. The van der Waals surface area contributed by atoms with Gasteiger partial charge in [0.15, 0.2) is 0 Å². The molecule has 3 unspecified atom stereocenters. The molecule has 1 N–H and O–H groups in total. The highest BCUT2D eigenvalue weighted by Crippen LogP contribution is 2.28. The molecular weight excluding hydrogens is 198 g/mol. The second kappa shape index (κ2) is 4.94. The lowest BCUT2D eigenvalue weighted by Crippen LogP contribution is -2.45. The summed E-state index contributed by atoms with van der Waals surface area (Å²) in [5, 5.41) is 4.59. The van der Waals surface area contributed by atoms with Gasteiger partial charge >= 0.3 is 0 Å². The molecule has 1 aliphatic heterocycles. The molecular formula is C10H19NS2. The van der Waals surface area contributed by atoms with Crippen molar-refractivity contribution < 1.29 is 0 Å². The van der Waals surface area contributed by atoms with E-state index in [0.29, 0.717) is 0 Å². The van der Waals surface area contributed by atoms with Crippen molar-refractivity contribution in [1.82, 2.24) is 5.32 Å². The fourth-order valence-corrected chi connectivity index (χ4v) is 4.53. The number of hydrogen-bond acceptors (Lipinski definition) is 3. The summed E-state index contributed by atoms with van der Waals surface area (Å²) in [4.78, 5) is 0. The molecule has 76 valence electrons. The van der Waals surface area contributed by atoms with Crippen LogP contribution < -0.4 is 5.32 Å². The van der Waals surface area contributed by atoms with Crippen LogP contribution in [0.5, 0.6) is 0 Å². The maximum Gasteiger partial charge on any atom is 0.0263 e. The monoisotopic (exact) mass is 217 g/mol. The van der Waals surface area contributed by atoms with E-state index in [1.165, 1.54) is 36.6 Å². The highest BCUT2D eigenvalue weighted by Gasteiger charge is 2.27. The van der Waals surface area contributed by atoms with Gasteiger partial charge < -0.3 is 5.32 Å². The summed E-state index contributed by atoms with van der Waals surface area (Å²) in [7, 11) is 0. The lowest BCUT2D eigenvalue weighted by Gasteiger charge is -2.36. The standard InChI is InChI=1S/C10H19NS2/c1-8-2-3-10(8)11-6-9-7-12-4-5-13-9/h8-11H,2-7H2,1H3. The van der Waals surface area contributed by atoms with Crippen molar-refractivity contribution in [2.75, 3.05) is 23.8 Å². The number of rotatable bonds is 3. The molecule has 1 saturated carbocycles. The fraction of sp³-hybridized carbons (Fsp3) is 1.00. The maximum atomic E-state index is 3.70. The van der Waals surface area contributed by atoms with E-state index < -0.39 is 0 Å². The van der Waals surface area contributed by atoms with Gasteiger partial charge in [0.2, 0.25) is 0 Å². The zero-order valence-corrected chi connectivity index (χ0v) is 9.92. The van der Waals surface area contributed by atoms with Crippen LogP contribution in [0.25, 0.3) is 0 Å². The van der Waals surface area contributed by atoms with Crippen LogP contribution in [0.2, 0.25) is 0 Å². The molecule has 1 nitrogen and oxygen atoms in total. The molecule has 0 radical (unpaired) electrons. The van der Waals surface area contributed by atoms with Crippen molar-refractivity contribution in [1.29, 1.82) is 0 Å². The topological polar surface area (TPSA) is 12.0 Å². The first kappa shape index (κ1) is 10.2. The van der Waals surface area contributed by atoms with E-state index in [2.05, 4.69) is 35.8 Å². The molecule has 1 heterocycles. The van der Waals surface area contributed by atoms with Gasteiger partial charge in [0.1, 0.15) is 0 Å². The Morgan fingerprint density at radius 1 is 1.31 bits per heavy atom. The second-order valence-corrected chi connectivity index (χ2v) is 6.70. The predicted octanol–water partition coefficient (Wildman–Crippen LogP) is 2.22. The number of nitrogens with one attached hydrogen (secondary N) is 1. The summed E-state index contributed by atoms with van der Waals surface area (Å²) < 4.78 is 0. The quantitative estimate of drug-likeness (QED) is 0.778. The van der Waals surface area contributed by atoms with Gasteiger partial charge in [0.05, 0.1) is 0 Å². The van der Waals surface area contributed by atoms with E-state index in [9.17, 15) is 0 Å². The zero-order chi connectivity index (χ0) is 9.10. The number of hydrogen-bond donors (Lipinski definition) is 1. The molecule has 1 saturated heterocycles. The largest absolute Gasteiger partial charge is 0.313 e. The van der Waals surface area contributed by atoms with Gasteiger partial charge in [-0.2, -0.15) is 23.5 Å². The van der Waals surface area contributed by atoms with Gasteiger partial charge in [-0.15, -0.1) is 0 Å². The summed E-state index contributed by atoms with van der Waals surface area (Å²) in [6, 6.07) is 0.840. The van der Waals surface area contributed by atoms with Crippen LogP contribution in [0, 0.1) is 5.92 Å². The van der Waals surface area contributed by atoms with E-state index in [1.807, 2.05) is 0 Å². The first-order valence-corrected chi connectivity index (χ1v) is 7.49. The second-order valence-electron chi connectivity index (χ2n) is 4.14. The van der Waals surface area contributed by atoms with Gasteiger partial charge in [-0.3, -0.25) is 0 Å². The van der Waals surface area contributed by atoms with Gasteiger partial charge in [-0.1, -0.05) is 6.92 Å². The van der Waals surface area contributed by atoms with Crippen LogP contribution in [-0.2, 0) is 0 Å². The third kappa shape index (κ3) is 2.80. The zero-order valence-electron chi connectivity index (χ0n) is 8.29. The Hall–Kier alpha value is 0.660. The van der Waals surface area contributed by atoms with Gasteiger partial charge in [0.25, 0.3) is 0 Å². The van der Waals surface area contributed by atoms with E-state index in [1.54, 1.807) is 0 Å². The van der Waals surface area contributed by atoms with Crippen molar-refractivity contribution in [3.8, 4) is 0 Å². The lowest BCUT2D eigenvalue weighted by molar-refractivity contribution is 0.231. The Balaban J connectivity index is 1.61. The fourth-order valence-electron chi connectivity index (χ4n) is 1.91. The van der Waals surface area contributed by atoms with Crippen LogP contribution in [-0.4, -0.2) is 35.1 Å². The first-order chi connectivity index (χ1) is 6.36. The molecule has 0 spiro atoms. The average molecular weight is 217 g/mol. The molecule has 0 aromatic heterocycles. The molecule has 3 heteroatoms. The van der Waals surface area contributed by atoms with Crippen LogP contribution in [0.4, 0.5) is 0 Å². The van der Waals surface area contributed by atoms with Crippen LogP contribution in [0.3, 0.4) is 0 Å². The first-order valence-electron chi connectivity index (χ1n) is 5.29. The van der Waals surface area contributed by atoms with Crippen LogP contribution >= 0.6 is 23.5 Å². The predicted molar refractivity (Wildman–Crippen MR) is 63.8 cm³/mol. The Bertz CT molecular complexity index is 157. The van der Waals surface area contributed by atoms with E-state index in [0.717, 1.165) is 17.2 Å². The third-order valence-electron chi connectivity index (χ3n) is 3.11. The Labute approximate surface area is 89.8 Å². The highest BCUT2D eigenvalue weighted by atomic mass is 32.2. The van der Waals surface area contributed by atoms with Crippen molar-refractivity contribution in [3.63, 3.8) is 0 Å². The SMILES string of the molecule is CC1CCC1NCC1CSCCS1. The van der Waals surface area contributed by atoms with Crippen LogP contribution in [0.15, 0.2) is 0 Å². The molecule has 2 rings (SSSR count). The summed E-state index contributed by atoms with van der Waals surface area (Å²) in [6.07, 6.45) is 2.84. The van der Waals surface area contributed by atoms with Crippen molar-refractivity contribution in [2.24, 2.45) is 5.92 Å². The minimum atomic E-state index is 0.840. The average Bonchev–Trinajstić information content (AvgIpc) is 2.17. The van der Waals surface area contributed by atoms with Crippen molar-refractivity contribution in [3.05, 3.63) is 0 Å². The van der Waals surface area contributed by atoms with E-state index >= 15 is 0 Å². The molecule has 0 bridgehead atoms. The molecule has 0 amide bonds. The molecule has 13 heavy (non-hydrogen) atoms. The summed E-state index contributed by atoms with van der Waals surface area (Å²) in [5.41, 5.74) is 0.